The van der Waals surface area contributed by atoms with Gasteiger partial charge in [0.25, 0.3) is 5.17 Å². The third-order valence-electron chi connectivity index (χ3n) is 1.60. The van der Waals surface area contributed by atoms with Crippen LogP contribution in [0.1, 0.15) is 13.8 Å². The molecule has 76 valence electrons. The molecule has 0 saturated carbocycles. The van der Waals surface area contributed by atoms with E-state index in [1.807, 2.05) is 13.8 Å². The van der Waals surface area contributed by atoms with Crippen molar-refractivity contribution >= 4 is 17.4 Å². The van der Waals surface area contributed by atoms with Gasteiger partial charge in [0.15, 0.2) is 0 Å². The highest BCUT2D eigenvalue weighted by atomic mass is 32.1. The summed E-state index contributed by atoms with van der Waals surface area (Å²) in [4.78, 5) is 0. The second kappa shape index (κ2) is 5.36. The van der Waals surface area contributed by atoms with Crippen LogP contribution < -0.4 is 10.6 Å². The summed E-state index contributed by atoms with van der Waals surface area (Å²) in [7, 11) is 0. The zero-order valence-electron chi connectivity index (χ0n) is 8.00. The molecule has 1 rings (SSSR count). The molecule has 4 nitrogen and oxygen atoms in total. The second-order valence-corrected chi connectivity index (χ2v) is 3.66. The molecule has 1 atom stereocenters. The van der Waals surface area contributed by atoms with Crippen molar-refractivity contribution in [2.75, 3.05) is 19.9 Å². The molecule has 0 aromatic rings. The molecule has 1 aliphatic heterocycles. The van der Waals surface area contributed by atoms with Crippen LogP contribution in [0.2, 0.25) is 0 Å². The lowest BCUT2D eigenvalue weighted by atomic mass is 10.4. The summed E-state index contributed by atoms with van der Waals surface area (Å²) in [6.45, 7) is 6.00. The molecule has 0 aromatic carbocycles. The van der Waals surface area contributed by atoms with Gasteiger partial charge in [-0.3, -0.25) is 5.32 Å². The molecule has 1 aliphatic rings. The molecule has 0 bridgehead atoms. The van der Waals surface area contributed by atoms with Gasteiger partial charge < -0.3 is 14.8 Å². The van der Waals surface area contributed by atoms with Crippen LogP contribution in [0.3, 0.4) is 0 Å². The Morgan fingerprint density at radius 3 is 3.08 bits per heavy atom. The first kappa shape index (κ1) is 10.7. The van der Waals surface area contributed by atoms with E-state index in [0.29, 0.717) is 24.6 Å². The van der Waals surface area contributed by atoms with E-state index in [1.165, 1.54) is 0 Å². The minimum absolute atomic E-state index is 0.131. The van der Waals surface area contributed by atoms with E-state index in [4.69, 9.17) is 21.7 Å². The average Bonchev–Trinajstić information content (AvgIpc) is 2.51. The van der Waals surface area contributed by atoms with Crippen LogP contribution in [-0.4, -0.2) is 37.2 Å². The highest BCUT2D eigenvalue weighted by Gasteiger charge is 2.15. The van der Waals surface area contributed by atoms with Crippen molar-refractivity contribution in [1.29, 1.82) is 0 Å². The number of nitrogens with one attached hydrogen (secondary N) is 2. The smallest absolute Gasteiger partial charge is 0.256 e. The maximum absolute atomic E-state index is 5.29. The maximum atomic E-state index is 5.29. The van der Waals surface area contributed by atoms with Gasteiger partial charge in [0.1, 0.15) is 12.7 Å². The summed E-state index contributed by atoms with van der Waals surface area (Å²) >= 11 is 4.96. The Bertz CT molecular complexity index is 170. The Morgan fingerprint density at radius 1 is 1.77 bits per heavy atom. The fourth-order valence-corrected chi connectivity index (χ4v) is 1.31. The van der Waals surface area contributed by atoms with Crippen LogP contribution in [0.25, 0.3) is 0 Å². The van der Waals surface area contributed by atoms with Gasteiger partial charge in [-0.25, -0.2) is 0 Å². The topological polar surface area (TPSA) is 42.5 Å². The monoisotopic (exact) mass is 204 g/mol. The third-order valence-corrected chi connectivity index (χ3v) is 1.84. The molecule has 0 amide bonds. The fourth-order valence-electron chi connectivity index (χ4n) is 1.01. The minimum atomic E-state index is 0.131. The van der Waals surface area contributed by atoms with Crippen molar-refractivity contribution in [1.82, 2.24) is 10.6 Å². The molecule has 0 aliphatic carbocycles. The van der Waals surface area contributed by atoms with Gasteiger partial charge >= 0.3 is 0 Å². The SMILES string of the molecule is CC(C)NC(=S)OCC1CNCO1. The van der Waals surface area contributed by atoms with Gasteiger partial charge in [-0.2, -0.15) is 0 Å². The zero-order chi connectivity index (χ0) is 9.68. The molecule has 1 unspecified atom stereocenters. The molecule has 1 heterocycles. The molecule has 0 aromatic heterocycles. The lowest BCUT2D eigenvalue weighted by molar-refractivity contribution is 0.0669. The number of rotatable bonds is 3. The number of thiocarbonyl (C=S) groups is 1. The van der Waals surface area contributed by atoms with E-state index in [9.17, 15) is 0 Å². The van der Waals surface area contributed by atoms with Crippen LogP contribution in [0.5, 0.6) is 0 Å². The van der Waals surface area contributed by atoms with Crippen molar-refractivity contribution in [3.63, 3.8) is 0 Å². The summed E-state index contributed by atoms with van der Waals surface area (Å²) in [5, 5.41) is 6.52. The molecular weight excluding hydrogens is 188 g/mol. The van der Waals surface area contributed by atoms with E-state index in [1.54, 1.807) is 0 Å². The van der Waals surface area contributed by atoms with Crippen LogP contribution in [-0.2, 0) is 9.47 Å². The summed E-state index contributed by atoms with van der Waals surface area (Å²) < 4.78 is 10.6. The van der Waals surface area contributed by atoms with Gasteiger partial charge in [-0.1, -0.05) is 0 Å². The van der Waals surface area contributed by atoms with Gasteiger partial charge in [-0.05, 0) is 26.1 Å². The van der Waals surface area contributed by atoms with Crippen LogP contribution in [0.4, 0.5) is 0 Å². The van der Waals surface area contributed by atoms with Crippen molar-refractivity contribution in [3.05, 3.63) is 0 Å². The summed E-state index contributed by atoms with van der Waals surface area (Å²) in [5.41, 5.74) is 0. The van der Waals surface area contributed by atoms with Crippen LogP contribution in [0, 0.1) is 0 Å². The first-order chi connectivity index (χ1) is 6.18. The van der Waals surface area contributed by atoms with Crippen LogP contribution >= 0.6 is 12.2 Å². The van der Waals surface area contributed by atoms with Gasteiger partial charge in [0.2, 0.25) is 0 Å². The molecule has 1 fully saturated rings. The Morgan fingerprint density at radius 2 is 2.54 bits per heavy atom. The van der Waals surface area contributed by atoms with E-state index < -0.39 is 0 Å². The van der Waals surface area contributed by atoms with Crippen molar-refractivity contribution < 1.29 is 9.47 Å². The Balaban J connectivity index is 2.07. The highest BCUT2D eigenvalue weighted by molar-refractivity contribution is 7.80. The molecule has 0 spiro atoms. The lowest BCUT2D eigenvalue weighted by Gasteiger charge is -2.14. The van der Waals surface area contributed by atoms with Crippen molar-refractivity contribution in [2.45, 2.75) is 26.0 Å². The molecule has 0 radical (unpaired) electrons. The Kier molecular flexibility index (Phi) is 4.41. The largest absolute Gasteiger partial charge is 0.468 e. The zero-order valence-corrected chi connectivity index (χ0v) is 8.82. The normalized spacial score (nSPS) is 21.9. The minimum Gasteiger partial charge on any atom is -0.468 e. The highest BCUT2D eigenvalue weighted by Crippen LogP contribution is 1.97. The predicted octanol–water partition coefficient (Wildman–Crippen LogP) is 0.232. The van der Waals surface area contributed by atoms with Crippen molar-refractivity contribution in [3.8, 4) is 0 Å². The Hall–Kier alpha value is -0.390. The maximum Gasteiger partial charge on any atom is 0.256 e. The van der Waals surface area contributed by atoms with Crippen molar-refractivity contribution in [2.24, 2.45) is 0 Å². The molecule has 5 heteroatoms. The first-order valence-electron chi connectivity index (χ1n) is 4.44. The van der Waals surface area contributed by atoms with E-state index in [-0.39, 0.29) is 6.10 Å². The Labute approximate surface area is 84.0 Å². The molecule has 13 heavy (non-hydrogen) atoms. The van der Waals surface area contributed by atoms with E-state index >= 15 is 0 Å². The summed E-state index contributed by atoms with van der Waals surface area (Å²) in [6, 6.07) is 0.315. The van der Waals surface area contributed by atoms with Gasteiger partial charge in [0.05, 0.1) is 6.73 Å². The van der Waals surface area contributed by atoms with E-state index in [2.05, 4.69) is 10.6 Å². The molecule has 1 saturated heterocycles. The quantitative estimate of drug-likeness (QED) is 0.644. The number of ether oxygens (including phenoxy) is 2. The summed E-state index contributed by atoms with van der Waals surface area (Å²) in [5.74, 6) is 0. The summed E-state index contributed by atoms with van der Waals surface area (Å²) in [6.07, 6.45) is 0.131. The van der Waals surface area contributed by atoms with Gasteiger partial charge in [0, 0.05) is 12.6 Å². The average molecular weight is 204 g/mol. The first-order valence-corrected chi connectivity index (χ1v) is 4.85. The fraction of sp³-hybridized carbons (Fsp3) is 0.875. The standard InChI is InChI=1S/C8H16N2O2S/c1-6(2)10-8(13)11-4-7-3-9-5-12-7/h6-7,9H,3-5H2,1-2H3,(H,10,13). The predicted molar refractivity (Wildman–Crippen MR) is 54.6 cm³/mol. The van der Waals surface area contributed by atoms with E-state index in [0.717, 1.165) is 6.54 Å². The number of hydrogen-bond donors (Lipinski definition) is 2. The third kappa shape index (κ3) is 4.40. The second-order valence-electron chi connectivity index (χ2n) is 3.28. The van der Waals surface area contributed by atoms with Gasteiger partial charge in [-0.15, -0.1) is 0 Å². The number of hydrogen-bond acceptors (Lipinski definition) is 4. The molecule has 2 N–H and O–H groups in total. The molecular formula is C8H16N2O2S. The lowest BCUT2D eigenvalue weighted by Crippen LogP contribution is -2.33. The van der Waals surface area contributed by atoms with Crippen LogP contribution in [0.15, 0.2) is 0 Å².